The molecule has 2 aromatic rings. The minimum Gasteiger partial charge on any atom is -0.507 e. The van der Waals surface area contributed by atoms with Crippen LogP contribution in [0.4, 0.5) is 13.6 Å². The van der Waals surface area contributed by atoms with E-state index in [1.807, 2.05) is 0 Å². The zero-order valence-electron chi connectivity index (χ0n) is 17.3. The fraction of sp³-hybridized carbons (Fsp3) is 0.391. The molecule has 1 saturated heterocycles. The average Bonchev–Trinajstić information content (AvgIpc) is 2.76. The summed E-state index contributed by atoms with van der Waals surface area (Å²) in [5.74, 6) is -0.937. The number of halogens is 2. The van der Waals surface area contributed by atoms with Crippen molar-refractivity contribution in [2.24, 2.45) is 4.99 Å². The smallest absolute Gasteiger partial charge is 0.409 e. The quantitative estimate of drug-likeness (QED) is 0.769. The second-order valence-corrected chi connectivity index (χ2v) is 7.86. The van der Waals surface area contributed by atoms with E-state index in [-0.39, 0.29) is 17.4 Å². The number of carbonyl (C=O) groups excluding carboxylic acids is 1. The number of phenols is 1. The van der Waals surface area contributed by atoms with Crippen LogP contribution in [-0.2, 0) is 4.74 Å². The van der Waals surface area contributed by atoms with Crippen LogP contribution in [0, 0.1) is 11.6 Å². The van der Waals surface area contributed by atoms with Gasteiger partial charge in [-0.05, 0) is 37.3 Å². The van der Waals surface area contributed by atoms with Crippen LogP contribution >= 0.6 is 0 Å². The Labute approximate surface area is 179 Å². The van der Waals surface area contributed by atoms with Crippen LogP contribution in [0.2, 0.25) is 0 Å². The van der Waals surface area contributed by atoms with Crippen LogP contribution in [0.1, 0.15) is 43.4 Å². The summed E-state index contributed by atoms with van der Waals surface area (Å²) in [5.41, 5.74) is 0.644. The largest absolute Gasteiger partial charge is 0.507 e. The van der Waals surface area contributed by atoms with Crippen molar-refractivity contribution in [3.63, 3.8) is 0 Å². The normalized spacial score (nSPS) is 20.4. The Balaban J connectivity index is 1.68. The standard InChI is InChI=1S/C23H25F2N3O3/c1-2-31-22(30)28-11-9-23(10-12-28)26-19(16-5-3-4-6-21(16)29)14-20(27-23)17-13-15(24)7-8-18(17)25/h3-8,13,20,27,29H,2,9-12,14H2,1H3. The number of aliphatic imine (C=N–C) groups is 1. The molecule has 1 unspecified atom stereocenters. The molecule has 4 rings (SSSR count). The maximum atomic E-state index is 14.6. The summed E-state index contributed by atoms with van der Waals surface area (Å²) < 4.78 is 33.6. The fourth-order valence-corrected chi connectivity index (χ4v) is 4.29. The number of ether oxygens (including phenoxy) is 1. The predicted octanol–water partition coefficient (Wildman–Crippen LogP) is 4.14. The van der Waals surface area contributed by atoms with Crippen LogP contribution in [0.25, 0.3) is 0 Å². The predicted molar refractivity (Wildman–Crippen MR) is 112 cm³/mol. The molecule has 1 amide bonds. The van der Waals surface area contributed by atoms with Crippen molar-refractivity contribution in [3.8, 4) is 5.75 Å². The first-order valence-electron chi connectivity index (χ1n) is 10.4. The van der Waals surface area contributed by atoms with Crippen molar-refractivity contribution in [1.29, 1.82) is 0 Å². The maximum Gasteiger partial charge on any atom is 0.409 e. The molecule has 0 bridgehead atoms. The molecule has 2 heterocycles. The molecule has 0 aromatic heterocycles. The summed E-state index contributed by atoms with van der Waals surface area (Å²) >= 11 is 0. The first-order chi connectivity index (χ1) is 14.9. The maximum absolute atomic E-state index is 14.6. The van der Waals surface area contributed by atoms with E-state index in [1.165, 1.54) is 6.07 Å². The number of aromatic hydroxyl groups is 1. The van der Waals surface area contributed by atoms with Crippen LogP contribution in [0.5, 0.6) is 5.75 Å². The highest BCUT2D eigenvalue weighted by Crippen LogP contribution is 2.37. The third kappa shape index (κ3) is 4.39. The van der Waals surface area contributed by atoms with E-state index in [9.17, 15) is 18.7 Å². The summed E-state index contributed by atoms with van der Waals surface area (Å²) in [6.45, 7) is 2.89. The first kappa shape index (κ1) is 21.2. The van der Waals surface area contributed by atoms with Crippen molar-refractivity contribution in [2.75, 3.05) is 19.7 Å². The second kappa shape index (κ2) is 8.63. The van der Waals surface area contributed by atoms with E-state index < -0.39 is 23.3 Å². The number of rotatable bonds is 3. The molecule has 2 aliphatic heterocycles. The number of nitrogens with one attached hydrogen (secondary N) is 1. The minimum absolute atomic E-state index is 0.0840. The number of hydrogen-bond acceptors (Lipinski definition) is 5. The summed E-state index contributed by atoms with van der Waals surface area (Å²) in [5, 5.41) is 13.8. The van der Waals surface area contributed by atoms with Gasteiger partial charge >= 0.3 is 6.09 Å². The molecule has 164 valence electrons. The lowest BCUT2D eigenvalue weighted by Crippen LogP contribution is -2.57. The van der Waals surface area contributed by atoms with E-state index in [0.717, 1.165) is 12.1 Å². The summed E-state index contributed by atoms with van der Waals surface area (Å²) in [6.07, 6.45) is 0.888. The number of nitrogens with zero attached hydrogens (tertiary/aromatic N) is 2. The molecule has 0 saturated carbocycles. The molecule has 2 N–H and O–H groups in total. The van der Waals surface area contributed by atoms with Crippen molar-refractivity contribution in [2.45, 2.75) is 37.9 Å². The highest BCUT2D eigenvalue weighted by atomic mass is 19.1. The van der Waals surface area contributed by atoms with Gasteiger partial charge in [-0.3, -0.25) is 10.3 Å². The van der Waals surface area contributed by atoms with Crippen molar-refractivity contribution < 1.29 is 23.4 Å². The van der Waals surface area contributed by atoms with Crippen LogP contribution < -0.4 is 5.32 Å². The van der Waals surface area contributed by atoms with E-state index in [4.69, 9.17) is 9.73 Å². The number of amides is 1. The molecule has 2 aromatic carbocycles. The van der Waals surface area contributed by atoms with Crippen LogP contribution in [0.15, 0.2) is 47.5 Å². The SMILES string of the molecule is CCOC(=O)N1CCC2(CC1)N=C(c1ccccc1O)CC(c1cc(F)ccc1F)N2. The number of para-hydroxylation sites is 1. The molecule has 8 heteroatoms. The Morgan fingerprint density at radius 2 is 2.00 bits per heavy atom. The number of phenolic OH excluding ortho intramolecular Hbond substituents is 1. The number of piperidine rings is 1. The van der Waals surface area contributed by atoms with Gasteiger partial charge in [0, 0.05) is 55.2 Å². The minimum atomic E-state index is -0.762. The molecular weight excluding hydrogens is 404 g/mol. The van der Waals surface area contributed by atoms with Gasteiger partial charge in [0.25, 0.3) is 0 Å². The van der Waals surface area contributed by atoms with Gasteiger partial charge in [0.2, 0.25) is 0 Å². The van der Waals surface area contributed by atoms with Crippen LogP contribution in [-0.4, -0.2) is 47.2 Å². The lowest BCUT2D eigenvalue weighted by Gasteiger charge is -2.45. The monoisotopic (exact) mass is 429 g/mol. The van der Waals surface area contributed by atoms with Crippen molar-refractivity contribution >= 4 is 11.8 Å². The Morgan fingerprint density at radius 1 is 1.26 bits per heavy atom. The zero-order chi connectivity index (χ0) is 22.0. The number of benzene rings is 2. The Bertz CT molecular complexity index is 1000. The van der Waals surface area contributed by atoms with Gasteiger partial charge in [0.05, 0.1) is 6.61 Å². The molecular formula is C23H25F2N3O3. The third-order valence-electron chi connectivity index (χ3n) is 5.85. The first-order valence-corrected chi connectivity index (χ1v) is 10.4. The van der Waals surface area contributed by atoms with Gasteiger partial charge in [-0.15, -0.1) is 0 Å². The van der Waals surface area contributed by atoms with Gasteiger partial charge < -0.3 is 14.7 Å². The number of hydrogen-bond donors (Lipinski definition) is 2. The third-order valence-corrected chi connectivity index (χ3v) is 5.85. The molecule has 1 fully saturated rings. The summed E-state index contributed by atoms with van der Waals surface area (Å²) in [7, 11) is 0. The molecule has 1 spiro atoms. The fourth-order valence-electron chi connectivity index (χ4n) is 4.29. The highest BCUT2D eigenvalue weighted by Gasteiger charge is 2.42. The Morgan fingerprint density at radius 3 is 2.71 bits per heavy atom. The molecule has 31 heavy (non-hydrogen) atoms. The van der Waals surface area contributed by atoms with Crippen LogP contribution in [0.3, 0.4) is 0 Å². The van der Waals surface area contributed by atoms with Gasteiger partial charge in [-0.2, -0.15) is 0 Å². The van der Waals surface area contributed by atoms with E-state index in [0.29, 0.717) is 50.2 Å². The van der Waals surface area contributed by atoms with Gasteiger partial charge in [0.15, 0.2) is 0 Å². The van der Waals surface area contributed by atoms with Gasteiger partial charge in [-0.25, -0.2) is 13.6 Å². The van der Waals surface area contributed by atoms with Crippen molar-refractivity contribution in [3.05, 3.63) is 65.2 Å². The van der Waals surface area contributed by atoms with Crippen molar-refractivity contribution in [1.82, 2.24) is 10.2 Å². The van der Waals surface area contributed by atoms with E-state index in [2.05, 4.69) is 5.32 Å². The molecule has 6 nitrogen and oxygen atoms in total. The molecule has 2 aliphatic rings. The average molecular weight is 429 g/mol. The Kier molecular flexibility index (Phi) is 5.91. The summed E-state index contributed by atoms with van der Waals surface area (Å²) in [6, 6.07) is 9.74. The highest BCUT2D eigenvalue weighted by molar-refractivity contribution is 6.03. The van der Waals surface area contributed by atoms with E-state index in [1.54, 1.807) is 36.1 Å². The molecule has 1 atom stereocenters. The van der Waals surface area contributed by atoms with Gasteiger partial charge in [-0.1, -0.05) is 12.1 Å². The Hall–Kier alpha value is -3.00. The molecule has 0 aliphatic carbocycles. The van der Waals surface area contributed by atoms with Gasteiger partial charge in [0.1, 0.15) is 23.0 Å². The lowest BCUT2D eigenvalue weighted by atomic mass is 9.87. The lowest BCUT2D eigenvalue weighted by molar-refractivity contribution is 0.0777. The second-order valence-electron chi connectivity index (χ2n) is 7.86. The molecule has 0 radical (unpaired) electrons. The van der Waals surface area contributed by atoms with E-state index >= 15 is 0 Å². The zero-order valence-corrected chi connectivity index (χ0v) is 17.3. The number of carbonyl (C=O) groups is 1. The summed E-state index contributed by atoms with van der Waals surface area (Å²) in [4.78, 5) is 18.6. The topological polar surface area (TPSA) is 74.2 Å². The number of likely N-dealkylation sites (tertiary alicyclic amines) is 1.